The first-order chi connectivity index (χ1) is 5.16. The Kier molecular flexibility index (Phi) is 2.19. The fourth-order valence-corrected chi connectivity index (χ4v) is 1.73. The third-order valence-electron chi connectivity index (χ3n) is 2.25. The van der Waals surface area contributed by atoms with Crippen LogP contribution in [0.4, 0.5) is 0 Å². The van der Waals surface area contributed by atoms with Crippen molar-refractivity contribution in [3.05, 3.63) is 11.8 Å². The molecule has 0 aromatic heterocycles. The summed E-state index contributed by atoms with van der Waals surface area (Å²) in [5.41, 5.74) is 0.896. The average molecular weight is 150 g/mol. The lowest BCUT2D eigenvalue weighted by Crippen LogP contribution is -2.27. The molecule has 1 aliphatic heterocycles. The van der Waals surface area contributed by atoms with Crippen LogP contribution in [0.5, 0.6) is 0 Å². The maximum atomic E-state index is 8.74. The van der Waals surface area contributed by atoms with Crippen molar-refractivity contribution in [2.75, 3.05) is 0 Å². The molecule has 0 bridgehead atoms. The Morgan fingerprint density at radius 1 is 1.64 bits per heavy atom. The van der Waals surface area contributed by atoms with Crippen LogP contribution in [0.1, 0.15) is 20.8 Å². The molecule has 60 valence electrons. The number of nitrogens with one attached hydrogen (secondary N) is 1. The second-order valence-corrected chi connectivity index (χ2v) is 3.44. The molecule has 0 radical (unpaired) electrons. The third kappa shape index (κ3) is 1.37. The minimum Gasteiger partial charge on any atom is -0.387 e. The molecular formula is C9H14N2. The lowest BCUT2D eigenvalue weighted by Gasteiger charge is -2.19. The molecule has 11 heavy (non-hydrogen) atoms. The van der Waals surface area contributed by atoms with Gasteiger partial charge in [-0.1, -0.05) is 13.8 Å². The van der Waals surface area contributed by atoms with Crippen molar-refractivity contribution >= 4 is 0 Å². The van der Waals surface area contributed by atoms with Gasteiger partial charge in [0.15, 0.2) is 0 Å². The summed E-state index contributed by atoms with van der Waals surface area (Å²) in [7, 11) is 0. The highest BCUT2D eigenvalue weighted by molar-refractivity contribution is 5.29. The summed E-state index contributed by atoms with van der Waals surface area (Å²) in [6.45, 7) is 6.42. The monoisotopic (exact) mass is 150 g/mol. The van der Waals surface area contributed by atoms with Gasteiger partial charge in [0.1, 0.15) is 0 Å². The van der Waals surface area contributed by atoms with Gasteiger partial charge in [0, 0.05) is 18.2 Å². The summed E-state index contributed by atoms with van der Waals surface area (Å²) in [5, 5.41) is 11.9. The van der Waals surface area contributed by atoms with Crippen LogP contribution in [0.3, 0.4) is 0 Å². The van der Waals surface area contributed by atoms with Crippen LogP contribution in [-0.4, -0.2) is 6.04 Å². The van der Waals surface area contributed by atoms with Crippen LogP contribution >= 0.6 is 0 Å². The normalized spacial score (nSPS) is 29.5. The molecule has 0 fully saturated rings. The van der Waals surface area contributed by atoms with Gasteiger partial charge in [-0.05, 0) is 12.8 Å². The van der Waals surface area contributed by atoms with Crippen LogP contribution in [0.25, 0.3) is 0 Å². The topological polar surface area (TPSA) is 35.8 Å². The van der Waals surface area contributed by atoms with Crippen LogP contribution in [-0.2, 0) is 0 Å². The molecular weight excluding hydrogens is 136 g/mol. The van der Waals surface area contributed by atoms with E-state index in [-0.39, 0.29) is 0 Å². The van der Waals surface area contributed by atoms with Crippen molar-refractivity contribution in [1.29, 1.82) is 5.26 Å². The minimum atomic E-state index is 0.403. The van der Waals surface area contributed by atoms with Crippen molar-refractivity contribution in [3.8, 4) is 6.07 Å². The average Bonchev–Trinajstić information content (AvgIpc) is 2.30. The van der Waals surface area contributed by atoms with Crippen molar-refractivity contribution in [3.63, 3.8) is 0 Å². The van der Waals surface area contributed by atoms with E-state index in [1.807, 2.05) is 6.20 Å². The van der Waals surface area contributed by atoms with E-state index in [0.717, 1.165) is 5.57 Å². The molecule has 1 aliphatic rings. The van der Waals surface area contributed by atoms with Gasteiger partial charge in [-0.15, -0.1) is 0 Å². The van der Waals surface area contributed by atoms with Crippen LogP contribution in [0, 0.1) is 23.2 Å². The van der Waals surface area contributed by atoms with E-state index in [1.165, 1.54) is 0 Å². The second-order valence-electron chi connectivity index (χ2n) is 3.44. The fraction of sp³-hybridized carbons (Fsp3) is 0.667. The highest BCUT2D eigenvalue weighted by atomic mass is 14.9. The van der Waals surface area contributed by atoms with Crippen LogP contribution in [0.15, 0.2) is 11.8 Å². The van der Waals surface area contributed by atoms with E-state index in [0.29, 0.717) is 17.9 Å². The molecule has 0 aliphatic carbocycles. The standard InChI is InChI=1S/C9H14N2/c1-6(2)9-7(3)11-5-8(9)4-10/h5-7,9,11H,1-3H3/t7-,9?/m1/s1. The fourth-order valence-electron chi connectivity index (χ4n) is 1.73. The number of rotatable bonds is 1. The molecule has 1 unspecified atom stereocenters. The molecule has 0 saturated carbocycles. The molecule has 1 rings (SSSR count). The van der Waals surface area contributed by atoms with Gasteiger partial charge < -0.3 is 5.32 Å². The molecule has 0 aromatic rings. The van der Waals surface area contributed by atoms with E-state index in [9.17, 15) is 0 Å². The Labute approximate surface area is 67.9 Å². The Hall–Kier alpha value is -0.970. The van der Waals surface area contributed by atoms with E-state index >= 15 is 0 Å². The number of hydrogen-bond acceptors (Lipinski definition) is 2. The van der Waals surface area contributed by atoms with Crippen LogP contribution < -0.4 is 5.32 Å². The molecule has 0 saturated heterocycles. The quantitative estimate of drug-likeness (QED) is 0.617. The zero-order chi connectivity index (χ0) is 8.43. The van der Waals surface area contributed by atoms with E-state index < -0.39 is 0 Å². The maximum Gasteiger partial charge on any atom is 0.0966 e. The summed E-state index contributed by atoms with van der Waals surface area (Å²) < 4.78 is 0. The highest BCUT2D eigenvalue weighted by Crippen LogP contribution is 2.27. The molecule has 2 nitrogen and oxygen atoms in total. The van der Waals surface area contributed by atoms with Gasteiger partial charge in [-0.3, -0.25) is 0 Å². The molecule has 2 heteroatoms. The van der Waals surface area contributed by atoms with Gasteiger partial charge in [-0.2, -0.15) is 5.26 Å². The highest BCUT2D eigenvalue weighted by Gasteiger charge is 2.28. The van der Waals surface area contributed by atoms with Crippen LogP contribution in [0.2, 0.25) is 0 Å². The van der Waals surface area contributed by atoms with Crippen molar-refractivity contribution in [2.24, 2.45) is 11.8 Å². The zero-order valence-corrected chi connectivity index (χ0v) is 7.26. The summed E-state index contributed by atoms with van der Waals surface area (Å²) in [6, 6.07) is 2.65. The predicted molar refractivity (Wildman–Crippen MR) is 44.6 cm³/mol. The van der Waals surface area contributed by atoms with E-state index in [1.54, 1.807) is 0 Å². The molecule has 1 N–H and O–H groups in total. The third-order valence-corrected chi connectivity index (χ3v) is 2.25. The zero-order valence-electron chi connectivity index (χ0n) is 7.26. The lowest BCUT2D eigenvalue weighted by atomic mass is 9.86. The SMILES string of the molecule is CC(C)C1C(C#N)=CN[C@@H]1C. The maximum absolute atomic E-state index is 8.74. The summed E-state index contributed by atoms with van der Waals surface area (Å²) in [5.74, 6) is 0.950. The lowest BCUT2D eigenvalue weighted by molar-refractivity contribution is 0.390. The number of nitriles is 1. The van der Waals surface area contributed by atoms with E-state index in [4.69, 9.17) is 5.26 Å². The van der Waals surface area contributed by atoms with E-state index in [2.05, 4.69) is 32.2 Å². The van der Waals surface area contributed by atoms with Gasteiger partial charge in [-0.25, -0.2) is 0 Å². The summed E-state index contributed by atoms with van der Waals surface area (Å²) >= 11 is 0. The van der Waals surface area contributed by atoms with Gasteiger partial charge in [0.2, 0.25) is 0 Å². The minimum absolute atomic E-state index is 0.403. The molecule has 0 spiro atoms. The first-order valence-corrected chi connectivity index (χ1v) is 4.03. The van der Waals surface area contributed by atoms with Gasteiger partial charge in [0.25, 0.3) is 0 Å². The molecule has 0 aromatic carbocycles. The summed E-state index contributed by atoms with van der Waals surface area (Å²) in [6.07, 6.45) is 1.84. The Balaban J connectivity index is 2.76. The molecule has 2 atom stereocenters. The Bertz CT molecular complexity index is 210. The Morgan fingerprint density at radius 2 is 2.27 bits per heavy atom. The first-order valence-electron chi connectivity index (χ1n) is 4.03. The number of hydrogen-bond donors (Lipinski definition) is 1. The summed E-state index contributed by atoms with van der Waals surface area (Å²) in [4.78, 5) is 0. The largest absolute Gasteiger partial charge is 0.387 e. The second kappa shape index (κ2) is 2.96. The predicted octanol–water partition coefficient (Wildman–Crippen LogP) is 1.66. The molecule has 0 amide bonds. The van der Waals surface area contributed by atoms with Crippen molar-refractivity contribution in [2.45, 2.75) is 26.8 Å². The van der Waals surface area contributed by atoms with Gasteiger partial charge >= 0.3 is 0 Å². The Morgan fingerprint density at radius 3 is 2.64 bits per heavy atom. The van der Waals surface area contributed by atoms with Gasteiger partial charge in [0.05, 0.1) is 11.6 Å². The molecule has 1 heterocycles. The number of nitrogens with zero attached hydrogens (tertiary/aromatic N) is 1. The van der Waals surface area contributed by atoms with Crippen molar-refractivity contribution < 1.29 is 0 Å². The first kappa shape index (κ1) is 8.13. The smallest absolute Gasteiger partial charge is 0.0966 e. The van der Waals surface area contributed by atoms with Crippen molar-refractivity contribution in [1.82, 2.24) is 5.32 Å².